The summed E-state index contributed by atoms with van der Waals surface area (Å²) in [5.41, 5.74) is 1.84. The van der Waals surface area contributed by atoms with Gasteiger partial charge in [-0.1, -0.05) is 200 Å². The molecule has 13 heteroatoms. The van der Waals surface area contributed by atoms with Crippen LogP contribution in [0, 0.1) is 0 Å². The summed E-state index contributed by atoms with van der Waals surface area (Å²) in [6.07, 6.45) is 39.8. The van der Waals surface area contributed by atoms with Crippen molar-refractivity contribution in [2.24, 2.45) is 0 Å². The Kier molecular flexibility index (Phi) is 38.2. The molecule has 0 aliphatic carbocycles. The molecular formula is C57H102N3O9S+. The maximum absolute atomic E-state index is 13.0. The van der Waals surface area contributed by atoms with Gasteiger partial charge in [0.05, 0.1) is 31.9 Å². The van der Waals surface area contributed by atoms with Crippen molar-refractivity contribution in [1.29, 1.82) is 0 Å². The second-order valence-electron chi connectivity index (χ2n) is 20.5. The molecule has 0 saturated carbocycles. The number of carbonyl (C=O) groups excluding carboxylic acids is 4. The molecule has 1 unspecified atom stereocenters. The Hall–Kier alpha value is -3.06. The topological polar surface area (TPSA) is 140 Å². The van der Waals surface area contributed by atoms with Gasteiger partial charge >= 0.3 is 23.9 Å². The van der Waals surface area contributed by atoms with Gasteiger partial charge in [-0.2, -0.15) is 4.37 Å². The summed E-state index contributed by atoms with van der Waals surface area (Å²) in [5, 5.41) is 0. The van der Waals surface area contributed by atoms with Crippen LogP contribution in [0.1, 0.15) is 271 Å². The van der Waals surface area contributed by atoms with Gasteiger partial charge in [0.1, 0.15) is 25.5 Å². The molecule has 0 spiro atoms. The molecule has 2 heterocycles. The fourth-order valence-electron chi connectivity index (χ4n) is 9.08. The van der Waals surface area contributed by atoms with E-state index in [1.807, 2.05) is 6.92 Å². The third kappa shape index (κ3) is 32.1. The highest BCUT2D eigenvalue weighted by Crippen LogP contribution is 2.32. The summed E-state index contributed by atoms with van der Waals surface area (Å²) >= 11 is 1.15. The van der Waals surface area contributed by atoms with Gasteiger partial charge in [0.25, 0.3) is 5.88 Å². The van der Waals surface area contributed by atoms with Crippen LogP contribution >= 0.6 is 11.7 Å². The number of likely N-dealkylation sites (N-methyl/N-ethyl adjacent to an activating group) is 1. The molecule has 1 aromatic heterocycles. The molecule has 0 aromatic carbocycles. The van der Waals surface area contributed by atoms with Crippen molar-refractivity contribution >= 4 is 41.2 Å². The summed E-state index contributed by atoms with van der Waals surface area (Å²) in [5.74, 6) is -0.895. The third-order valence-corrected chi connectivity index (χ3v) is 14.4. The lowest BCUT2D eigenvalue weighted by atomic mass is 10.0. The smallest absolute Gasteiger partial charge is 0.310 e. The van der Waals surface area contributed by atoms with Crippen molar-refractivity contribution in [2.45, 2.75) is 278 Å². The molecule has 0 N–H and O–H groups in total. The predicted molar refractivity (Wildman–Crippen MR) is 285 cm³/mol. The van der Waals surface area contributed by atoms with Crippen molar-refractivity contribution in [3.8, 4) is 5.88 Å². The minimum atomic E-state index is -0.897. The van der Waals surface area contributed by atoms with E-state index in [9.17, 15) is 19.2 Å². The highest BCUT2D eigenvalue weighted by molar-refractivity contribution is 6.99. The van der Waals surface area contributed by atoms with Crippen LogP contribution in [0.5, 0.6) is 5.88 Å². The second-order valence-corrected chi connectivity index (χ2v) is 21.0. The van der Waals surface area contributed by atoms with Crippen molar-refractivity contribution < 1.29 is 47.3 Å². The van der Waals surface area contributed by atoms with Gasteiger partial charge in [0.2, 0.25) is 6.23 Å². The molecule has 2 rings (SSSR count). The summed E-state index contributed by atoms with van der Waals surface area (Å²) in [7, 11) is 2.09. The molecular weight excluding hydrogens is 903 g/mol. The molecule has 12 nitrogen and oxygen atoms in total. The zero-order valence-corrected chi connectivity index (χ0v) is 46.2. The van der Waals surface area contributed by atoms with Crippen LogP contribution in [0.2, 0.25) is 0 Å². The lowest BCUT2D eigenvalue weighted by Gasteiger charge is -2.41. The van der Waals surface area contributed by atoms with Gasteiger partial charge in [0.15, 0.2) is 6.10 Å². The largest absolute Gasteiger partial charge is 0.475 e. The van der Waals surface area contributed by atoms with E-state index in [1.165, 1.54) is 141 Å². The number of unbranched alkanes of at least 4 members (excludes halogenated alkanes) is 28. The van der Waals surface area contributed by atoms with Crippen LogP contribution < -0.4 is 4.74 Å². The van der Waals surface area contributed by atoms with Crippen LogP contribution in [-0.2, 0) is 38.1 Å². The van der Waals surface area contributed by atoms with Crippen molar-refractivity contribution in [1.82, 2.24) is 8.75 Å². The normalized spacial score (nSPS) is 15.1. The number of esters is 4. The molecule has 1 aliphatic rings. The van der Waals surface area contributed by atoms with Gasteiger partial charge in [-0.05, 0) is 32.1 Å². The lowest BCUT2D eigenvalue weighted by molar-refractivity contribution is -0.944. The minimum absolute atomic E-state index is 0.0752. The van der Waals surface area contributed by atoms with E-state index in [0.717, 1.165) is 87.3 Å². The first-order valence-electron chi connectivity index (χ1n) is 28.8. The van der Waals surface area contributed by atoms with Crippen molar-refractivity contribution in [3.63, 3.8) is 0 Å². The first-order valence-corrected chi connectivity index (χ1v) is 29.5. The van der Waals surface area contributed by atoms with Crippen LogP contribution in [0.3, 0.4) is 0 Å². The molecule has 404 valence electrons. The first kappa shape index (κ1) is 63.1. The molecule has 1 aromatic rings. The Morgan fingerprint density at radius 2 is 0.914 bits per heavy atom. The monoisotopic (exact) mass is 1000 g/mol. The Bertz CT molecular complexity index is 1480. The van der Waals surface area contributed by atoms with E-state index < -0.39 is 12.1 Å². The molecule has 0 bridgehead atoms. The Labute approximate surface area is 430 Å². The van der Waals surface area contributed by atoms with E-state index in [-0.39, 0.29) is 50.2 Å². The molecule has 2 atom stereocenters. The van der Waals surface area contributed by atoms with Crippen LogP contribution in [0.25, 0.3) is 5.57 Å². The van der Waals surface area contributed by atoms with E-state index in [4.69, 9.17) is 23.7 Å². The molecule has 1 aliphatic heterocycles. The number of hydrogen-bond acceptors (Lipinski definition) is 12. The van der Waals surface area contributed by atoms with Gasteiger partial charge in [0, 0.05) is 44.6 Å². The maximum Gasteiger partial charge on any atom is 0.310 e. The number of hydrogen-bond donors (Lipinski definition) is 0. The van der Waals surface area contributed by atoms with Gasteiger partial charge in [-0.25, -0.2) is 0 Å². The van der Waals surface area contributed by atoms with E-state index in [1.54, 1.807) is 0 Å². The summed E-state index contributed by atoms with van der Waals surface area (Å²) in [4.78, 5) is 51.5. The molecule has 0 amide bonds. The fraction of sp³-hybridized carbons (Fsp3) is 0.860. The van der Waals surface area contributed by atoms with E-state index >= 15 is 0 Å². The zero-order chi connectivity index (χ0) is 50.8. The highest BCUT2D eigenvalue weighted by atomic mass is 32.1. The SMILES string of the molecule is CCCCCCCCCCCCCCCC(=O)OCC(COC(=O)CCCCCCCCCCCCCCC)OC(=O)CCCCC(=O)O[C@@H](C)[N+]1(C)CCC=C(c2nsnc2OCCCCCC)C1. The van der Waals surface area contributed by atoms with Gasteiger partial charge in [-0.15, -0.1) is 4.37 Å². The number of carbonyl (C=O) groups is 4. The standard InChI is InChI=1S/C57H102N3O9S/c1-6-9-12-15-17-19-21-23-25-27-29-31-33-40-52(61)66-47-51(48-67-53(62)41-34-32-30-28-26-24-22-20-18-16-13-10-7-2)69-55(64)43-36-35-42-54(63)68-49(4)60(5)44-38-39-50(46-60)56-57(59-70-58-56)65-45-37-14-11-8-3/h39,49,51H,6-38,40-48H2,1-5H3/q+1/t49-,60?/m0/s1. The van der Waals surface area contributed by atoms with Crippen LogP contribution in [0.4, 0.5) is 0 Å². The highest BCUT2D eigenvalue weighted by Gasteiger charge is 2.36. The predicted octanol–water partition coefficient (Wildman–Crippen LogP) is 15.1. The zero-order valence-electron chi connectivity index (χ0n) is 45.4. The van der Waals surface area contributed by atoms with Gasteiger partial charge in [-0.3, -0.25) is 23.7 Å². The number of quaternary nitrogens is 1. The summed E-state index contributed by atoms with van der Waals surface area (Å²) in [6.45, 7) is 10.4. The number of aromatic nitrogens is 2. The minimum Gasteiger partial charge on any atom is -0.475 e. The van der Waals surface area contributed by atoms with E-state index in [2.05, 4.69) is 42.6 Å². The summed E-state index contributed by atoms with van der Waals surface area (Å²) in [6, 6.07) is 0. The first-order chi connectivity index (χ1) is 34.1. The lowest BCUT2D eigenvalue weighted by Crippen LogP contribution is -2.55. The number of ether oxygens (including phenoxy) is 5. The average molecular weight is 1010 g/mol. The van der Waals surface area contributed by atoms with E-state index in [0.29, 0.717) is 49.2 Å². The maximum atomic E-state index is 13.0. The average Bonchev–Trinajstić information content (AvgIpc) is 3.82. The van der Waals surface area contributed by atoms with Gasteiger partial charge < -0.3 is 23.7 Å². The van der Waals surface area contributed by atoms with Crippen molar-refractivity contribution in [3.05, 3.63) is 11.8 Å². The Morgan fingerprint density at radius 3 is 1.37 bits per heavy atom. The molecule has 0 fully saturated rings. The number of nitrogens with zero attached hydrogens (tertiary/aromatic N) is 3. The van der Waals surface area contributed by atoms with Crippen LogP contribution in [-0.4, -0.2) is 89.4 Å². The third-order valence-electron chi connectivity index (χ3n) is 13.9. The Morgan fingerprint density at radius 1 is 0.529 bits per heavy atom. The molecule has 70 heavy (non-hydrogen) atoms. The Balaban J connectivity index is 1.74. The molecule has 0 saturated heterocycles. The summed E-state index contributed by atoms with van der Waals surface area (Å²) < 4.78 is 38.3. The molecule has 0 radical (unpaired) electrons. The number of rotatable bonds is 47. The quantitative estimate of drug-likeness (QED) is 0.0267. The second kappa shape index (κ2) is 42.4. The van der Waals surface area contributed by atoms with Crippen molar-refractivity contribution in [2.75, 3.05) is 40.0 Å². The fourth-order valence-corrected chi connectivity index (χ4v) is 9.61. The van der Waals surface area contributed by atoms with Crippen LogP contribution in [0.15, 0.2) is 6.08 Å².